The van der Waals surface area contributed by atoms with E-state index in [-0.39, 0.29) is 5.91 Å². The molecule has 4 nitrogen and oxygen atoms in total. The lowest BCUT2D eigenvalue weighted by Crippen LogP contribution is -2.30. The molecule has 0 radical (unpaired) electrons. The molecule has 2 rings (SSSR count). The molecule has 0 aliphatic heterocycles. The van der Waals surface area contributed by atoms with Gasteiger partial charge in [-0.1, -0.05) is 23.2 Å². The van der Waals surface area contributed by atoms with Crippen molar-refractivity contribution in [1.82, 2.24) is 4.98 Å². The normalized spacial score (nSPS) is 11.8. The average molecular weight is 325 g/mol. The van der Waals surface area contributed by atoms with E-state index in [1.165, 1.54) is 6.20 Å². The zero-order chi connectivity index (χ0) is 15.4. The largest absolute Gasteiger partial charge is 0.481 e. The number of halogens is 2. The van der Waals surface area contributed by atoms with Crippen molar-refractivity contribution in [2.75, 3.05) is 5.32 Å². The third-order valence-corrected chi connectivity index (χ3v) is 3.44. The molecule has 110 valence electrons. The van der Waals surface area contributed by atoms with Gasteiger partial charge in [0.1, 0.15) is 11.6 Å². The Labute approximate surface area is 133 Å². The molecule has 0 fully saturated rings. The van der Waals surface area contributed by atoms with Gasteiger partial charge in [0.15, 0.2) is 6.10 Å². The van der Waals surface area contributed by atoms with Crippen LogP contribution in [0.4, 0.5) is 5.82 Å². The number of aromatic nitrogens is 1. The molecule has 0 saturated heterocycles. The van der Waals surface area contributed by atoms with Crippen LogP contribution in [0.3, 0.4) is 0 Å². The highest BCUT2D eigenvalue weighted by Crippen LogP contribution is 2.22. The second-order valence-electron chi connectivity index (χ2n) is 4.52. The maximum atomic E-state index is 12.0. The fourth-order valence-corrected chi connectivity index (χ4v) is 1.86. The van der Waals surface area contributed by atoms with E-state index in [0.29, 0.717) is 21.6 Å². The number of amides is 1. The number of benzene rings is 1. The van der Waals surface area contributed by atoms with E-state index < -0.39 is 6.10 Å². The first-order valence-electron chi connectivity index (χ1n) is 6.31. The summed E-state index contributed by atoms with van der Waals surface area (Å²) in [4.78, 5) is 16.0. The predicted octanol–water partition coefficient (Wildman–Crippen LogP) is 4.10. The van der Waals surface area contributed by atoms with E-state index in [4.69, 9.17) is 27.9 Å². The summed E-state index contributed by atoms with van der Waals surface area (Å²) in [7, 11) is 0. The minimum absolute atomic E-state index is 0.294. The fraction of sp³-hybridized carbons (Fsp3) is 0.200. The summed E-state index contributed by atoms with van der Waals surface area (Å²) in [5, 5.41) is 3.82. The minimum Gasteiger partial charge on any atom is -0.481 e. The lowest BCUT2D eigenvalue weighted by molar-refractivity contribution is -0.122. The Morgan fingerprint density at radius 1 is 1.29 bits per heavy atom. The Balaban J connectivity index is 1.98. The maximum Gasteiger partial charge on any atom is 0.266 e. The van der Waals surface area contributed by atoms with Crippen LogP contribution in [0.15, 0.2) is 36.5 Å². The van der Waals surface area contributed by atoms with Crippen LogP contribution in [0.5, 0.6) is 5.75 Å². The van der Waals surface area contributed by atoms with Crippen LogP contribution < -0.4 is 10.1 Å². The Morgan fingerprint density at radius 3 is 2.67 bits per heavy atom. The van der Waals surface area contributed by atoms with E-state index >= 15 is 0 Å². The van der Waals surface area contributed by atoms with Crippen LogP contribution in [0.1, 0.15) is 12.5 Å². The first-order chi connectivity index (χ1) is 9.95. The monoisotopic (exact) mass is 324 g/mol. The van der Waals surface area contributed by atoms with Crippen molar-refractivity contribution in [2.24, 2.45) is 0 Å². The van der Waals surface area contributed by atoms with Crippen molar-refractivity contribution in [1.29, 1.82) is 0 Å². The van der Waals surface area contributed by atoms with Gasteiger partial charge in [-0.25, -0.2) is 4.98 Å². The van der Waals surface area contributed by atoms with Crippen LogP contribution in [-0.4, -0.2) is 17.0 Å². The molecule has 0 aliphatic rings. The van der Waals surface area contributed by atoms with Crippen LogP contribution in [0, 0.1) is 6.92 Å². The summed E-state index contributed by atoms with van der Waals surface area (Å²) < 4.78 is 5.58. The van der Waals surface area contributed by atoms with Crippen LogP contribution in [0.25, 0.3) is 0 Å². The lowest BCUT2D eigenvalue weighted by Gasteiger charge is -2.15. The van der Waals surface area contributed by atoms with Gasteiger partial charge in [-0.05, 0) is 49.7 Å². The number of carbonyl (C=O) groups is 1. The quantitative estimate of drug-likeness (QED) is 0.921. The lowest BCUT2D eigenvalue weighted by atomic mass is 10.2. The number of aryl methyl sites for hydroxylation is 1. The predicted molar refractivity (Wildman–Crippen MR) is 84.2 cm³/mol. The summed E-state index contributed by atoms with van der Waals surface area (Å²) in [6.45, 7) is 3.53. The van der Waals surface area contributed by atoms with Crippen molar-refractivity contribution < 1.29 is 9.53 Å². The number of rotatable bonds is 4. The molecule has 1 aromatic carbocycles. The standard InChI is InChI=1S/C15H14Cl2N2O2/c1-9-7-12(4-5-13(9)17)21-10(2)15(20)19-14-6-3-11(16)8-18-14/h3-8,10H,1-2H3,(H,18,19,20)/t10-/m1/s1. The van der Waals surface area contributed by atoms with Gasteiger partial charge in [-0.2, -0.15) is 0 Å². The van der Waals surface area contributed by atoms with Crippen LogP contribution >= 0.6 is 23.2 Å². The summed E-state index contributed by atoms with van der Waals surface area (Å²) >= 11 is 11.7. The van der Waals surface area contributed by atoms with E-state index in [2.05, 4.69) is 10.3 Å². The van der Waals surface area contributed by atoms with Crippen LogP contribution in [0.2, 0.25) is 10.0 Å². The van der Waals surface area contributed by atoms with Gasteiger partial charge < -0.3 is 10.1 Å². The number of nitrogens with zero attached hydrogens (tertiary/aromatic N) is 1. The van der Waals surface area contributed by atoms with Crippen molar-refractivity contribution in [3.8, 4) is 5.75 Å². The molecule has 1 amide bonds. The SMILES string of the molecule is Cc1cc(O[C@H](C)C(=O)Nc2ccc(Cl)cn2)ccc1Cl. The topological polar surface area (TPSA) is 51.2 Å². The molecule has 0 spiro atoms. The van der Waals surface area contributed by atoms with E-state index in [1.807, 2.05) is 6.92 Å². The molecule has 1 N–H and O–H groups in total. The Kier molecular flexibility index (Phi) is 5.04. The van der Waals surface area contributed by atoms with Gasteiger partial charge >= 0.3 is 0 Å². The van der Waals surface area contributed by atoms with Gasteiger partial charge in [0.2, 0.25) is 0 Å². The van der Waals surface area contributed by atoms with Gasteiger partial charge in [0.25, 0.3) is 5.91 Å². The molecule has 0 unspecified atom stereocenters. The van der Waals surface area contributed by atoms with Crippen molar-refractivity contribution in [3.63, 3.8) is 0 Å². The number of pyridine rings is 1. The molecular formula is C15H14Cl2N2O2. The third-order valence-electron chi connectivity index (χ3n) is 2.79. The smallest absolute Gasteiger partial charge is 0.266 e. The molecule has 2 aromatic rings. The molecular weight excluding hydrogens is 311 g/mol. The van der Waals surface area contributed by atoms with Crippen molar-refractivity contribution in [3.05, 3.63) is 52.1 Å². The highest BCUT2D eigenvalue weighted by Gasteiger charge is 2.15. The molecule has 21 heavy (non-hydrogen) atoms. The molecule has 0 saturated carbocycles. The van der Waals surface area contributed by atoms with Crippen molar-refractivity contribution >= 4 is 34.9 Å². The second kappa shape index (κ2) is 6.78. The molecule has 6 heteroatoms. The summed E-state index contributed by atoms with van der Waals surface area (Å²) in [5.41, 5.74) is 0.890. The van der Waals surface area contributed by atoms with E-state index in [1.54, 1.807) is 37.3 Å². The molecule has 0 aliphatic carbocycles. The minimum atomic E-state index is -0.664. The zero-order valence-electron chi connectivity index (χ0n) is 11.6. The highest BCUT2D eigenvalue weighted by molar-refractivity contribution is 6.31. The van der Waals surface area contributed by atoms with Gasteiger partial charge in [-0.3, -0.25) is 4.79 Å². The number of hydrogen-bond acceptors (Lipinski definition) is 3. The Hall–Kier alpha value is -1.78. The first kappa shape index (κ1) is 15.6. The maximum absolute atomic E-state index is 12.0. The van der Waals surface area contributed by atoms with E-state index in [9.17, 15) is 4.79 Å². The summed E-state index contributed by atoms with van der Waals surface area (Å²) in [5.74, 6) is 0.716. The summed E-state index contributed by atoms with van der Waals surface area (Å²) in [6, 6.07) is 8.52. The zero-order valence-corrected chi connectivity index (χ0v) is 13.1. The molecule has 1 atom stereocenters. The Morgan fingerprint density at radius 2 is 2.05 bits per heavy atom. The summed E-state index contributed by atoms with van der Waals surface area (Å²) in [6.07, 6.45) is 0.800. The highest BCUT2D eigenvalue weighted by atomic mass is 35.5. The fourth-order valence-electron chi connectivity index (χ4n) is 1.63. The van der Waals surface area contributed by atoms with Gasteiger partial charge in [-0.15, -0.1) is 0 Å². The molecule has 1 heterocycles. The molecule has 0 bridgehead atoms. The first-order valence-corrected chi connectivity index (χ1v) is 7.06. The number of hydrogen-bond donors (Lipinski definition) is 1. The van der Waals surface area contributed by atoms with Crippen LogP contribution in [-0.2, 0) is 4.79 Å². The third kappa shape index (κ3) is 4.34. The number of carbonyl (C=O) groups excluding carboxylic acids is 1. The number of anilines is 1. The van der Waals surface area contributed by atoms with E-state index in [0.717, 1.165) is 5.56 Å². The Bertz CT molecular complexity index is 645. The van der Waals surface area contributed by atoms with Gasteiger partial charge in [0.05, 0.1) is 5.02 Å². The van der Waals surface area contributed by atoms with Crippen molar-refractivity contribution in [2.45, 2.75) is 20.0 Å². The average Bonchev–Trinajstić information content (AvgIpc) is 2.45. The number of ether oxygens (including phenoxy) is 1. The van der Waals surface area contributed by atoms with Gasteiger partial charge in [0, 0.05) is 11.2 Å². The molecule has 1 aromatic heterocycles. The second-order valence-corrected chi connectivity index (χ2v) is 5.37. The number of nitrogens with one attached hydrogen (secondary N) is 1.